The minimum Gasteiger partial charge on any atom is -0.393 e. The van der Waals surface area contributed by atoms with Gasteiger partial charge in [-0.05, 0) is 25.2 Å². The number of hydrogen-bond donors (Lipinski definition) is 2. The van der Waals surface area contributed by atoms with Crippen LogP contribution in [0.15, 0.2) is 0 Å². The van der Waals surface area contributed by atoms with E-state index in [1.165, 1.54) is 0 Å². The number of aliphatic hydroxyl groups excluding tert-OH is 1. The SMILES string of the molecule is CS(=O)(=O)CCC(N)C(=O)N1CC2CCC(O)C2C1. The van der Waals surface area contributed by atoms with E-state index in [4.69, 9.17) is 5.73 Å². The molecular formula is C12H22N2O4S. The van der Waals surface area contributed by atoms with Crippen LogP contribution in [0.1, 0.15) is 19.3 Å². The summed E-state index contributed by atoms with van der Waals surface area (Å²) in [6, 6.07) is -0.759. The first-order chi connectivity index (χ1) is 8.78. The minimum atomic E-state index is -3.09. The maximum atomic E-state index is 12.1. The van der Waals surface area contributed by atoms with Crippen molar-refractivity contribution in [3.63, 3.8) is 0 Å². The van der Waals surface area contributed by atoms with E-state index in [9.17, 15) is 18.3 Å². The third kappa shape index (κ3) is 3.46. The largest absolute Gasteiger partial charge is 0.393 e. The number of hydrogen-bond acceptors (Lipinski definition) is 5. The molecule has 1 saturated heterocycles. The standard InChI is InChI=1S/C12H22N2O4S/c1-19(17,18)5-4-10(13)12(16)14-6-8-2-3-11(15)9(8)7-14/h8-11,15H,2-7,13H2,1H3. The molecule has 1 heterocycles. The first-order valence-electron chi connectivity index (χ1n) is 6.68. The first kappa shape index (κ1) is 14.7. The molecule has 2 rings (SSSR count). The van der Waals surface area contributed by atoms with Crippen LogP contribution < -0.4 is 5.73 Å². The van der Waals surface area contributed by atoms with Crippen LogP contribution in [0.2, 0.25) is 0 Å². The monoisotopic (exact) mass is 290 g/mol. The Labute approximate surface area is 113 Å². The lowest BCUT2D eigenvalue weighted by atomic mass is 10.00. The van der Waals surface area contributed by atoms with Crippen LogP contribution in [0.25, 0.3) is 0 Å². The molecule has 1 saturated carbocycles. The fourth-order valence-electron chi connectivity index (χ4n) is 3.12. The number of fused-ring (bicyclic) bond motifs is 1. The van der Waals surface area contributed by atoms with Gasteiger partial charge < -0.3 is 15.7 Å². The molecule has 4 atom stereocenters. The summed E-state index contributed by atoms with van der Waals surface area (Å²) >= 11 is 0. The molecule has 0 spiro atoms. The molecule has 0 aromatic heterocycles. The number of carbonyl (C=O) groups is 1. The molecule has 0 aromatic carbocycles. The van der Waals surface area contributed by atoms with Gasteiger partial charge in [0, 0.05) is 25.3 Å². The highest BCUT2D eigenvalue weighted by molar-refractivity contribution is 7.90. The molecule has 4 unspecified atom stereocenters. The van der Waals surface area contributed by atoms with Gasteiger partial charge in [0.25, 0.3) is 0 Å². The molecule has 6 nitrogen and oxygen atoms in total. The first-order valence-corrected chi connectivity index (χ1v) is 8.74. The predicted octanol–water partition coefficient (Wildman–Crippen LogP) is -1.02. The number of aliphatic hydroxyl groups is 1. The van der Waals surface area contributed by atoms with E-state index >= 15 is 0 Å². The lowest BCUT2D eigenvalue weighted by Crippen LogP contribution is -2.44. The van der Waals surface area contributed by atoms with E-state index in [0.29, 0.717) is 19.0 Å². The summed E-state index contributed by atoms with van der Waals surface area (Å²) in [6.07, 6.45) is 2.76. The fraction of sp³-hybridized carbons (Fsp3) is 0.917. The van der Waals surface area contributed by atoms with Gasteiger partial charge in [0.1, 0.15) is 9.84 Å². The molecule has 3 N–H and O–H groups in total. The average Bonchev–Trinajstić information content (AvgIpc) is 2.87. The highest BCUT2D eigenvalue weighted by Crippen LogP contribution is 2.38. The number of sulfone groups is 1. The maximum absolute atomic E-state index is 12.1. The second-order valence-electron chi connectivity index (χ2n) is 5.84. The van der Waals surface area contributed by atoms with Gasteiger partial charge in [-0.2, -0.15) is 0 Å². The zero-order valence-corrected chi connectivity index (χ0v) is 12.0. The third-order valence-electron chi connectivity index (χ3n) is 4.25. The molecule has 19 heavy (non-hydrogen) atoms. The van der Waals surface area contributed by atoms with Crippen LogP contribution in [0.3, 0.4) is 0 Å². The number of likely N-dealkylation sites (tertiary alicyclic amines) is 1. The van der Waals surface area contributed by atoms with Crippen LogP contribution >= 0.6 is 0 Å². The molecule has 0 radical (unpaired) electrons. The van der Waals surface area contributed by atoms with Gasteiger partial charge in [0.15, 0.2) is 0 Å². The van der Waals surface area contributed by atoms with Crippen molar-refractivity contribution < 1.29 is 18.3 Å². The van der Waals surface area contributed by atoms with E-state index in [-0.39, 0.29) is 30.1 Å². The topological polar surface area (TPSA) is 101 Å². The summed E-state index contributed by atoms with van der Waals surface area (Å²) in [5.41, 5.74) is 5.77. The highest BCUT2D eigenvalue weighted by Gasteiger charge is 2.43. The highest BCUT2D eigenvalue weighted by atomic mass is 32.2. The Morgan fingerprint density at radius 3 is 2.68 bits per heavy atom. The lowest BCUT2D eigenvalue weighted by molar-refractivity contribution is -0.132. The van der Waals surface area contributed by atoms with Gasteiger partial charge in [-0.1, -0.05) is 0 Å². The Bertz CT molecular complexity index is 451. The summed E-state index contributed by atoms with van der Waals surface area (Å²) in [5.74, 6) is 0.292. The van der Waals surface area contributed by atoms with Crippen LogP contribution in [0, 0.1) is 11.8 Å². The van der Waals surface area contributed by atoms with Crippen molar-refractivity contribution in [2.75, 3.05) is 25.1 Å². The van der Waals surface area contributed by atoms with Gasteiger partial charge in [-0.15, -0.1) is 0 Å². The number of nitrogens with two attached hydrogens (primary N) is 1. The molecule has 0 aromatic rings. The van der Waals surface area contributed by atoms with E-state index < -0.39 is 15.9 Å². The minimum absolute atomic E-state index is 0.0662. The van der Waals surface area contributed by atoms with Crippen LogP contribution in [0.5, 0.6) is 0 Å². The van der Waals surface area contributed by atoms with Gasteiger partial charge in [-0.25, -0.2) is 8.42 Å². The fourth-order valence-corrected chi connectivity index (χ4v) is 3.80. The van der Waals surface area contributed by atoms with Crippen molar-refractivity contribution >= 4 is 15.7 Å². The third-order valence-corrected chi connectivity index (χ3v) is 5.22. The smallest absolute Gasteiger partial charge is 0.239 e. The van der Waals surface area contributed by atoms with Gasteiger partial charge in [0.05, 0.1) is 17.9 Å². The average molecular weight is 290 g/mol. The molecule has 110 valence electrons. The van der Waals surface area contributed by atoms with Crippen molar-refractivity contribution in [3.05, 3.63) is 0 Å². The number of rotatable bonds is 4. The van der Waals surface area contributed by atoms with E-state index in [0.717, 1.165) is 19.1 Å². The summed E-state index contributed by atoms with van der Waals surface area (Å²) in [6.45, 7) is 1.20. The Kier molecular flexibility index (Phi) is 4.17. The van der Waals surface area contributed by atoms with Crippen LogP contribution in [0.4, 0.5) is 0 Å². The molecule has 2 fully saturated rings. The van der Waals surface area contributed by atoms with Crippen molar-refractivity contribution in [2.24, 2.45) is 17.6 Å². The van der Waals surface area contributed by atoms with Crippen molar-refractivity contribution in [1.82, 2.24) is 4.90 Å². The van der Waals surface area contributed by atoms with Gasteiger partial charge in [-0.3, -0.25) is 4.79 Å². The Balaban J connectivity index is 1.87. The molecule has 7 heteroatoms. The predicted molar refractivity (Wildman–Crippen MR) is 71.1 cm³/mol. The normalized spacial score (nSPS) is 32.4. The lowest BCUT2D eigenvalue weighted by Gasteiger charge is -2.22. The molecule has 0 bridgehead atoms. The summed E-state index contributed by atoms with van der Waals surface area (Å²) in [7, 11) is -3.09. The van der Waals surface area contributed by atoms with E-state index in [1.807, 2.05) is 0 Å². The zero-order valence-electron chi connectivity index (χ0n) is 11.2. The van der Waals surface area contributed by atoms with Crippen LogP contribution in [-0.4, -0.2) is 61.6 Å². The van der Waals surface area contributed by atoms with Crippen LogP contribution in [-0.2, 0) is 14.6 Å². The second-order valence-corrected chi connectivity index (χ2v) is 8.10. The Morgan fingerprint density at radius 1 is 1.42 bits per heavy atom. The van der Waals surface area contributed by atoms with Crippen molar-refractivity contribution in [2.45, 2.75) is 31.4 Å². The van der Waals surface area contributed by atoms with Gasteiger partial charge in [0.2, 0.25) is 5.91 Å². The molecule has 2 aliphatic rings. The second kappa shape index (κ2) is 5.38. The van der Waals surface area contributed by atoms with Crippen molar-refractivity contribution in [3.8, 4) is 0 Å². The van der Waals surface area contributed by atoms with Gasteiger partial charge >= 0.3 is 0 Å². The Morgan fingerprint density at radius 2 is 2.11 bits per heavy atom. The molecule has 1 amide bonds. The van der Waals surface area contributed by atoms with E-state index in [1.54, 1.807) is 4.90 Å². The summed E-state index contributed by atoms with van der Waals surface area (Å²) in [4.78, 5) is 13.8. The summed E-state index contributed by atoms with van der Waals surface area (Å²) in [5, 5.41) is 9.80. The zero-order chi connectivity index (χ0) is 14.2. The maximum Gasteiger partial charge on any atom is 0.239 e. The Hall–Kier alpha value is -0.660. The molecule has 1 aliphatic carbocycles. The summed E-state index contributed by atoms with van der Waals surface area (Å²) < 4.78 is 22.1. The quantitative estimate of drug-likeness (QED) is 0.690. The molecule has 1 aliphatic heterocycles. The number of carbonyl (C=O) groups excluding carboxylic acids is 1. The number of nitrogens with zero attached hydrogens (tertiary/aromatic N) is 1. The van der Waals surface area contributed by atoms with Crippen molar-refractivity contribution in [1.29, 1.82) is 0 Å². The molecular weight excluding hydrogens is 268 g/mol. The number of amides is 1. The van der Waals surface area contributed by atoms with E-state index in [2.05, 4.69) is 0 Å².